The zero-order valence-electron chi connectivity index (χ0n) is 17.6. The summed E-state index contributed by atoms with van der Waals surface area (Å²) in [7, 11) is 0. The summed E-state index contributed by atoms with van der Waals surface area (Å²) in [6, 6.07) is 17.4. The maximum atomic E-state index is 3.30. The summed E-state index contributed by atoms with van der Waals surface area (Å²) in [5.41, 5.74) is 6.44. The van der Waals surface area contributed by atoms with Gasteiger partial charge in [0, 0.05) is 11.1 Å². The maximum Gasteiger partial charge on any atom is 0.0249 e. The molecule has 2 aromatic carbocycles. The van der Waals surface area contributed by atoms with Gasteiger partial charge in [-0.1, -0.05) is 88.1 Å². The standard InChI is InChI=1S/C28H34/c1-3-5-6-7-8-24-15-19-27(20-16-24)28-21-17-26(18-22-28)14-13-25-11-9-23(4-2)10-12-25/h9-12,17-19,21-22,24H,3-8,15-16,20H2,1-2H3. The minimum Gasteiger partial charge on any atom is -0.0804 e. The number of rotatable bonds is 7. The van der Waals surface area contributed by atoms with Crippen LogP contribution >= 0.6 is 0 Å². The lowest BCUT2D eigenvalue weighted by molar-refractivity contribution is 0.425. The van der Waals surface area contributed by atoms with Crippen LogP contribution < -0.4 is 0 Å². The fraction of sp³-hybridized carbons (Fsp3) is 0.429. The molecule has 0 fully saturated rings. The molecule has 1 aliphatic carbocycles. The molecule has 1 atom stereocenters. The van der Waals surface area contributed by atoms with E-state index in [0.29, 0.717) is 0 Å². The summed E-state index contributed by atoms with van der Waals surface area (Å²) >= 11 is 0. The van der Waals surface area contributed by atoms with Crippen LogP contribution in [0.5, 0.6) is 0 Å². The summed E-state index contributed by atoms with van der Waals surface area (Å²) in [6.45, 7) is 4.47. The molecular formula is C28H34. The van der Waals surface area contributed by atoms with Gasteiger partial charge in [0.15, 0.2) is 0 Å². The minimum atomic E-state index is 0.907. The van der Waals surface area contributed by atoms with Crippen molar-refractivity contribution >= 4 is 5.57 Å². The van der Waals surface area contributed by atoms with Crippen LogP contribution in [0.25, 0.3) is 5.57 Å². The molecule has 0 saturated heterocycles. The highest BCUT2D eigenvalue weighted by atomic mass is 14.2. The largest absolute Gasteiger partial charge is 0.0804 e. The van der Waals surface area contributed by atoms with Gasteiger partial charge < -0.3 is 0 Å². The van der Waals surface area contributed by atoms with Crippen molar-refractivity contribution in [1.82, 2.24) is 0 Å². The van der Waals surface area contributed by atoms with Gasteiger partial charge >= 0.3 is 0 Å². The average molecular weight is 371 g/mol. The van der Waals surface area contributed by atoms with E-state index in [1.807, 2.05) is 0 Å². The van der Waals surface area contributed by atoms with E-state index in [0.717, 1.165) is 23.5 Å². The first-order chi connectivity index (χ1) is 13.8. The van der Waals surface area contributed by atoms with E-state index in [9.17, 15) is 0 Å². The molecule has 2 aromatic rings. The van der Waals surface area contributed by atoms with E-state index in [1.54, 1.807) is 0 Å². The number of hydrogen-bond acceptors (Lipinski definition) is 0. The lowest BCUT2D eigenvalue weighted by atomic mass is 9.84. The Kier molecular flexibility index (Phi) is 7.98. The molecule has 0 nitrogen and oxygen atoms in total. The van der Waals surface area contributed by atoms with E-state index in [1.165, 1.54) is 68.1 Å². The molecule has 28 heavy (non-hydrogen) atoms. The lowest BCUT2D eigenvalue weighted by Gasteiger charge is -2.22. The Bertz CT molecular complexity index is 809. The fourth-order valence-corrected chi connectivity index (χ4v) is 4.01. The van der Waals surface area contributed by atoms with Crippen LogP contribution in [0.3, 0.4) is 0 Å². The Balaban J connectivity index is 1.54. The van der Waals surface area contributed by atoms with Gasteiger partial charge in [-0.15, -0.1) is 0 Å². The molecule has 146 valence electrons. The molecule has 0 bridgehead atoms. The molecule has 0 aromatic heterocycles. The van der Waals surface area contributed by atoms with Crippen LogP contribution in [-0.2, 0) is 6.42 Å². The molecule has 0 N–H and O–H groups in total. The number of benzene rings is 2. The van der Waals surface area contributed by atoms with E-state index in [4.69, 9.17) is 0 Å². The molecule has 1 unspecified atom stereocenters. The molecule has 0 spiro atoms. The summed E-state index contributed by atoms with van der Waals surface area (Å²) in [4.78, 5) is 0. The summed E-state index contributed by atoms with van der Waals surface area (Å²) in [5.74, 6) is 7.49. The summed E-state index contributed by atoms with van der Waals surface area (Å²) < 4.78 is 0. The Morgan fingerprint density at radius 2 is 1.50 bits per heavy atom. The number of allylic oxidation sites excluding steroid dienone is 2. The smallest absolute Gasteiger partial charge is 0.0249 e. The van der Waals surface area contributed by atoms with Gasteiger partial charge in [0.2, 0.25) is 0 Å². The first-order valence-corrected chi connectivity index (χ1v) is 11.2. The van der Waals surface area contributed by atoms with Gasteiger partial charge in [0.05, 0.1) is 0 Å². The van der Waals surface area contributed by atoms with Crippen molar-refractivity contribution in [3.05, 3.63) is 76.9 Å². The Labute approximate surface area is 172 Å². The third-order valence-electron chi connectivity index (χ3n) is 5.95. The molecule has 0 aliphatic heterocycles. The van der Waals surface area contributed by atoms with Crippen LogP contribution in [0.4, 0.5) is 0 Å². The molecule has 0 heterocycles. The fourth-order valence-electron chi connectivity index (χ4n) is 4.01. The molecule has 1 aliphatic rings. The Hall–Kier alpha value is -2.26. The number of hydrogen-bond donors (Lipinski definition) is 0. The zero-order valence-corrected chi connectivity index (χ0v) is 17.6. The second-order valence-corrected chi connectivity index (χ2v) is 8.10. The molecule has 0 saturated carbocycles. The van der Waals surface area contributed by atoms with Crippen molar-refractivity contribution in [2.75, 3.05) is 0 Å². The van der Waals surface area contributed by atoms with Crippen LogP contribution in [0, 0.1) is 17.8 Å². The van der Waals surface area contributed by atoms with Crippen LogP contribution in [0.1, 0.15) is 87.5 Å². The molecule has 0 radical (unpaired) electrons. The monoisotopic (exact) mass is 370 g/mol. The second kappa shape index (κ2) is 10.9. The van der Waals surface area contributed by atoms with Gasteiger partial charge in [-0.25, -0.2) is 0 Å². The van der Waals surface area contributed by atoms with E-state index in [-0.39, 0.29) is 0 Å². The van der Waals surface area contributed by atoms with Gasteiger partial charge in [-0.2, -0.15) is 0 Å². The third kappa shape index (κ3) is 6.13. The Morgan fingerprint density at radius 3 is 2.07 bits per heavy atom. The maximum absolute atomic E-state index is 3.30. The Morgan fingerprint density at radius 1 is 0.821 bits per heavy atom. The van der Waals surface area contributed by atoms with Gasteiger partial charge in [0.1, 0.15) is 0 Å². The normalized spacial score (nSPS) is 16.2. The summed E-state index contributed by atoms with van der Waals surface area (Å²) in [5, 5.41) is 0. The quantitative estimate of drug-likeness (QED) is 0.344. The van der Waals surface area contributed by atoms with Crippen molar-refractivity contribution in [2.24, 2.45) is 5.92 Å². The predicted octanol–water partition coefficient (Wildman–Crippen LogP) is 7.80. The van der Waals surface area contributed by atoms with Gasteiger partial charge in [-0.05, 0) is 72.6 Å². The summed E-state index contributed by atoms with van der Waals surface area (Å²) in [6.07, 6.45) is 14.4. The number of aryl methyl sites for hydroxylation is 1. The second-order valence-electron chi connectivity index (χ2n) is 8.10. The first-order valence-electron chi connectivity index (χ1n) is 11.2. The highest BCUT2D eigenvalue weighted by Crippen LogP contribution is 2.32. The highest BCUT2D eigenvalue weighted by molar-refractivity contribution is 5.67. The lowest BCUT2D eigenvalue weighted by Crippen LogP contribution is -2.05. The first kappa shape index (κ1) is 20.5. The minimum absolute atomic E-state index is 0.907. The topological polar surface area (TPSA) is 0 Å². The number of unbranched alkanes of at least 4 members (excludes halogenated alkanes) is 3. The predicted molar refractivity (Wildman–Crippen MR) is 122 cm³/mol. The van der Waals surface area contributed by atoms with E-state index in [2.05, 4.69) is 80.3 Å². The van der Waals surface area contributed by atoms with Crippen molar-refractivity contribution < 1.29 is 0 Å². The van der Waals surface area contributed by atoms with Crippen LogP contribution in [0.2, 0.25) is 0 Å². The van der Waals surface area contributed by atoms with Crippen LogP contribution in [0.15, 0.2) is 54.6 Å². The van der Waals surface area contributed by atoms with Crippen molar-refractivity contribution in [2.45, 2.75) is 71.6 Å². The molecule has 3 rings (SSSR count). The van der Waals surface area contributed by atoms with Crippen LogP contribution in [-0.4, -0.2) is 0 Å². The zero-order chi connectivity index (χ0) is 19.6. The average Bonchev–Trinajstić information content (AvgIpc) is 2.76. The molecule has 0 amide bonds. The van der Waals surface area contributed by atoms with Gasteiger partial charge in [0.25, 0.3) is 0 Å². The van der Waals surface area contributed by atoms with E-state index >= 15 is 0 Å². The van der Waals surface area contributed by atoms with E-state index < -0.39 is 0 Å². The SMILES string of the molecule is CCCCCCC1CC=C(c2ccc(C#Cc3ccc(CC)cc3)cc2)CC1. The van der Waals surface area contributed by atoms with Crippen molar-refractivity contribution in [3.8, 4) is 11.8 Å². The van der Waals surface area contributed by atoms with Crippen molar-refractivity contribution in [1.29, 1.82) is 0 Å². The van der Waals surface area contributed by atoms with Gasteiger partial charge in [-0.3, -0.25) is 0 Å². The molecule has 0 heteroatoms. The third-order valence-corrected chi connectivity index (χ3v) is 5.95. The molecular weight excluding hydrogens is 336 g/mol. The highest BCUT2D eigenvalue weighted by Gasteiger charge is 2.15. The van der Waals surface area contributed by atoms with Crippen molar-refractivity contribution in [3.63, 3.8) is 0 Å².